The van der Waals surface area contributed by atoms with E-state index in [0.717, 1.165) is 73.2 Å². The van der Waals surface area contributed by atoms with E-state index in [1.54, 1.807) is 37.0 Å². The van der Waals surface area contributed by atoms with Crippen LogP contribution >= 0.6 is 90.7 Å². The van der Waals surface area contributed by atoms with Crippen LogP contribution < -0.4 is 53.2 Å². The highest BCUT2D eigenvalue weighted by Crippen LogP contribution is 2.42. The molecule has 11 aromatic heterocycles. The third-order valence-corrected chi connectivity index (χ3v) is 27.5. The maximum Gasteiger partial charge on any atom is 0.350 e. The number of pyridine rings is 1. The molecular weight excluding hydrogens is 1760 g/mol. The van der Waals surface area contributed by atoms with Crippen molar-refractivity contribution in [2.75, 3.05) is 88.7 Å². The fourth-order valence-electron chi connectivity index (χ4n) is 10.8. The van der Waals surface area contributed by atoms with Crippen molar-refractivity contribution in [3.63, 3.8) is 0 Å². The van der Waals surface area contributed by atoms with E-state index in [9.17, 15) is 47.9 Å². The van der Waals surface area contributed by atoms with Crippen molar-refractivity contribution < 1.29 is 71.6 Å². The van der Waals surface area contributed by atoms with E-state index in [1.165, 1.54) is 126 Å². The number of carbonyl (C=O) groups excluding carboxylic acids is 10. The molecule has 0 saturated carbocycles. The molecule has 0 fully saturated rings. The number of nitrogens with one attached hydrogen (secondary N) is 11. The number of nitrogens with zero attached hydrogens (tertiary/aromatic N) is 8. The lowest BCUT2D eigenvalue weighted by molar-refractivity contribution is 0.0598. The average Bonchev–Trinajstić information content (AvgIpc) is 1.63. The van der Waals surface area contributed by atoms with E-state index in [4.69, 9.17) is 23.7 Å². The molecule has 10 amide bonds. The normalized spacial score (nSPS) is 11.3. The smallest absolute Gasteiger partial charge is 0.350 e. The Morgan fingerprint density at radius 3 is 1.10 bits per heavy atom. The van der Waals surface area contributed by atoms with Crippen LogP contribution in [0.2, 0.25) is 0 Å². The molecule has 0 spiro atoms. The molecule has 34 nitrogen and oxygen atoms in total. The van der Waals surface area contributed by atoms with Gasteiger partial charge in [0.15, 0.2) is 16.6 Å². The molecule has 12 aromatic rings. The number of carbonyl (C=O) groups is 10. The molecule has 0 bridgehead atoms. The van der Waals surface area contributed by atoms with Crippen LogP contribution in [0.4, 0.5) is 79.3 Å². The van der Waals surface area contributed by atoms with Gasteiger partial charge in [-0.15, -0.1) is 88.4 Å². The lowest BCUT2D eigenvalue weighted by Gasteiger charge is -2.15. The zero-order chi connectivity index (χ0) is 92.7. The average molecular weight is 1860 g/mol. The second kappa shape index (κ2) is 41.9. The Labute approximate surface area is 755 Å². The molecule has 0 saturated heterocycles. The molecule has 11 N–H and O–H groups in total. The number of thiophene rings is 5. The molecule has 11 heterocycles. The highest BCUT2D eigenvalue weighted by atomic mass is 32.1. The van der Waals surface area contributed by atoms with Crippen LogP contribution in [-0.2, 0) is 64.2 Å². The van der Waals surface area contributed by atoms with Crippen molar-refractivity contribution in [1.82, 2.24) is 45.1 Å². The number of aromatic nitrogens is 9. The molecule has 0 radical (unpaired) electrons. The molecule has 42 heteroatoms. The molecular formula is C83H103N19O15S8. The van der Waals surface area contributed by atoms with Gasteiger partial charge in [0.05, 0.1) is 69.4 Å². The number of amides is 10. The second-order valence-corrected chi connectivity index (χ2v) is 41.4. The number of hydrogen-bond acceptors (Lipinski definition) is 30. The van der Waals surface area contributed by atoms with Crippen molar-refractivity contribution in [3.05, 3.63) is 148 Å². The summed E-state index contributed by atoms with van der Waals surface area (Å²) in [5.74, 6) is -1.96. The minimum Gasteiger partial charge on any atom is -0.465 e. The molecule has 0 unspecified atom stereocenters. The first-order chi connectivity index (χ1) is 58.4. The Morgan fingerprint density at radius 1 is 0.408 bits per heavy atom. The highest BCUT2D eigenvalue weighted by Gasteiger charge is 2.31. The number of rotatable bonds is 16. The van der Waals surface area contributed by atoms with Crippen LogP contribution in [0.5, 0.6) is 0 Å². The summed E-state index contributed by atoms with van der Waals surface area (Å²) in [5, 5.41) is 51.6. The molecule has 12 rings (SSSR count). The predicted octanol–water partition coefficient (Wildman–Crippen LogP) is 21.1. The summed E-state index contributed by atoms with van der Waals surface area (Å²) in [6.45, 7) is 40.2. The number of H-pyrrole nitrogens is 1. The number of aromatic amines is 1. The topological polar surface area (TPSA) is 448 Å². The van der Waals surface area contributed by atoms with Gasteiger partial charge in [0.25, 0.3) is 0 Å². The standard InChI is InChI=1S/C20H25N5O3S.C19H21N3O3S.C15H20N4O3S2.C15H19N3O3S2.C14H18N4O3S2/c1-10-8-11(2)21-17-14(10)16(24-25(17)6)23-19(27)22-12-9-13(20(3,4)5)29-15(12)18(26)28-7;1-19(2,3)15-10-14(16(26-15)17(23)25-4)22-18(24)21-12-5-6-13-11(9-12)7-8-20-13;1-6-10-18-19-14(24-10)17-13(21)16-8-7-9(15(2,3)4)23-11(8)12(20)22-5;1-8-7-16-14(22-8)18-13(20)17-9-6-10(15(2,3)4)23-11(9)12(19)21-5;1-7-17-18-13(22-7)16-12(20)15-8-6-9(14(2,3)4)23-10(8)11(19)21-5/h8-9H,1-7H3,(H2,22,23,24,27);5-10,20H,1-4H3,(H2,21,22,24);7H,6H2,1-5H3,(H2,16,17,19,21);6-7H,1-5H3,(H2,16,17,18,20);6H,1-5H3,(H2,15,16,18,20). The van der Waals surface area contributed by atoms with E-state index in [0.29, 0.717) is 85.4 Å². The zero-order valence-electron chi connectivity index (χ0n) is 74.1. The van der Waals surface area contributed by atoms with E-state index in [1.807, 2.05) is 166 Å². The lowest BCUT2D eigenvalue weighted by Crippen LogP contribution is -2.21. The van der Waals surface area contributed by atoms with Gasteiger partial charge in [-0.1, -0.05) is 133 Å². The number of urea groups is 5. The molecule has 0 aliphatic carbocycles. The summed E-state index contributed by atoms with van der Waals surface area (Å²) in [7, 11) is 8.38. The first-order valence-corrected chi connectivity index (χ1v) is 44.9. The van der Waals surface area contributed by atoms with Crippen LogP contribution in [0, 0.1) is 27.7 Å². The zero-order valence-corrected chi connectivity index (χ0v) is 80.6. The van der Waals surface area contributed by atoms with Crippen molar-refractivity contribution >= 4 is 228 Å². The first-order valence-electron chi connectivity index (χ1n) is 38.4. The minimum absolute atomic E-state index is 0.129. The summed E-state index contributed by atoms with van der Waals surface area (Å²) in [5.41, 5.74) is 5.65. The summed E-state index contributed by atoms with van der Waals surface area (Å²) in [6, 6.07) is 16.2. The van der Waals surface area contributed by atoms with Gasteiger partial charge in [0.1, 0.15) is 34.4 Å². The lowest BCUT2D eigenvalue weighted by atomic mass is 9.94. The number of thiazole rings is 1. The monoisotopic (exact) mass is 1860 g/mol. The number of benzene rings is 1. The molecule has 125 heavy (non-hydrogen) atoms. The van der Waals surface area contributed by atoms with Gasteiger partial charge in [-0.05, 0) is 127 Å². The Kier molecular flexibility index (Phi) is 33.1. The number of anilines is 10. The van der Waals surface area contributed by atoms with Gasteiger partial charge >= 0.3 is 60.0 Å². The highest BCUT2D eigenvalue weighted by molar-refractivity contribution is 7.17. The van der Waals surface area contributed by atoms with Crippen molar-refractivity contribution in [2.45, 2.75) is 172 Å². The summed E-state index contributed by atoms with van der Waals surface area (Å²) < 4.78 is 25.7. The fraction of sp³-hybridized carbons (Fsp3) is 0.386. The molecule has 0 atom stereocenters. The number of methoxy groups -OCH3 is 5. The maximum absolute atomic E-state index is 12.7. The predicted molar refractivity (Wildman–Crippen MR) is 502 cm³/mol. The van der Waals surface area contributed by atoms with E-state index < -0.39 is 60.0 Å². The Morgan fingerprint density at radius 2 is 0.768 bits per heavy atom. The molecule has 0 aliphatic rings. The molecule has 1 aromatic carbocycles. The Bertz CT molecular complexity index is 5790. The number of ether oxygens (including phenoxy) is 5. The van der Waals surface area contributed by atoms with Gasteiger partial charge in [0, 0.05) is 71.0 Å². The fourth-order valence-corrected chi connectivity index (χ4v) is 18.2. The summed E-state index contributed by atoms with van der Waals surface area (Å²) >= 11 is 10.5. The van der Waals surface area contributed by atoms with E-state index in [-0.39, 0.29) is 27.1 Å². The largest absolute Gasteiger partial charge is 0.465 e. The van der Waals surface area contributed by atoms with Crippen LogP contribution in [0.15, 0.2) is 73.1 Å². The van der Waals surface area contributed by atoms with Crippen molar-refractivity contribution in [3.8, 4) is 0 Å². The quantitative estimate of drug-likeness (QED) is 0.0316. The third kappa shape index (κ3) is 27.2. The van der Waals surface area contributed by atoms with E-state index in [2.05, 4.69) is 114 Å². The molecule has 0 aliphatic heterocycles. The third-order valence-electron chi connectivity index (χ3n) is 17.2. The number of hydrogen-bond donors (Lipinski definition) is 11. The second-order valence-electron chi connectivity index (χ2n) is 32.7. The number of fused-ring (bicyclic) bond motifs is 2. The van der Waals surface area contributed by atoms with Crippen LogP contribution in [0.1, 0.15) is 210 Å². The van der Waals surface area contributed by atoms with Crippen molar-refractivity contribution in [1.29, 1.82) is 0 Å². The van der Waals surface area contributed by atoms with Gasteiger partial charge in [-0.2, -0.15) is 5.10 Å². The van der Waals surface area contributed by atoms with Gasteiger partial charge in [-0.3, -0.25) is 21.3 Å². The van der Waals surface area contributed by atoms with Gasteiger partial charge in [-0.25, -0.2) is 62.6 Å². The van der Waals surface area contributed by atoms with Crippen LogP contribution in [0.25, 0.3) is 21.9 Å². The number of esters is 5. The number of aryl methyl sites for hydroxylation is 6. The van der Waals surface area contributed by atoms with Crippen LogP contribution in [-0.4, -0.2) is 141 Å². The first kappa shape index (κ1) is 98.8. The Hall–Kier alpha value is -11.7. The molecule has 668 valence electrons. The maximum atomic E-state index is 12.7. The Balaban J connectivity index is 0.000000194. The van der Waals surface area contributed by atoms with Crippen LogP contribution in [0.3, 0.4) is 0 Å². The van der Waals surface area contributed by atoms with E-state index >= 15 is 0 Å². The summed E-state index contributed by atoms with van der Waals surface area (Å²) in [6.07, 6.45) is 4.28. The van der Waals surface area contributed by atoms with Gasteiger partial charge in [0.2, 0.25) is 10.3 Å². The van der Waals surface area contributed by atoms with Crippen molar-refractivity contribution in [2.24, 2.45) is 7.05 Å². The summed E-state index contributed by atoms with van der Waals surface area (Å²) in [4.78, 5) is 141. The van der Waals surface area contributed by atoms with Gasteiger partial charge < -0.3 is 60.6 Å². The SMILES string of the molecule is CCc1nnc(NC(=O)Nc2cc(C(C)(C)C)sc2C(=O)OC)s1.COC(=O)c1sc(C(C)(C)C)cc1NC(=O)Nc1ccc2[nH]ccc2c1.COC(=O)c1sc(C(C)(C)C)cc1NC(=O)Nc1ncc(C)s1.COC(=O)c1sc(C(C)(C)C)cc1NC(=O)Nc1nn(C)c2nc(C)cc(C)c12.COC(=O)c1sc(C(C)(C)C)cc1NC(=O)Nc1nnc(C)s1. The minimum atomic E-state index is -0.492.